The molecule has 0 spiro atoms. The van der Waals surface area contributed by atoms with Crippen LogP contribution in [0.25, 0.3) is 0 Å². The number of guanidine groups is 1. The number of nitrogens with one attached hydrogen (secondary N) is 1. The molecule has 110 valence electrons. The summed E-state index contributed by atoms with van der Waals surface area (Å²) in [5.74, 6) is 0.771. The fourth-order valence-corrected chi connectivity index (χ4v) is 1.70. The van der Waals surface area contributed by atoms with Gasteiger partial charge in [-0.25, -0.2) is 0 Å². The highest BCUT2D eigenvalue weighted by Crippen LogP contribution is 2.32. The number of nitrogens with zero attached hydrogens (tertiary/aromatic N) is 1. The summed E-state index contributed by atoms with van der Waals surface area (Å²) in [4.78, 5) is 4.15. The smallest absolute Gasteiger partial charge is 0.406 e. The van der Waals surface area contributed by atoms with Crippen molar-refractivity contribution in [1.82, 2.24) is 0 Å². The number of nitrogens with two attached hydrogens (primary N) is 1. The normalized spacial score (nSPS) is 16.1. The first-order valence-electron chi connectivity index (χ1n) is 6.35. The Morgan fingerprint density at radius 2 is 1.95 bits per heavy atom. The SMILES string of the molecule is NC(=NCCC1CC1)Nc1ccc(OC(F)(F)F)cc1. The zero-order valence-corrected chi connectivity index (χ0v) is 10.8. The third-order valence-corrected chi connectivity index (χ3v) is 2.88. The van der Waals surface area contributed by atoms with Crippen LogP contribution in [0.15, 0.2) is 29.3 Å². The van der Waals surface area contributed by atoms with E-state index in [1.165, 1.54) is 37.1 Å². The van der Waals surface area contributed by atoms with Crippen LogP contribution in [0, 0.1) is 5.92 Å². The van der Waals surface area contributed by atoms with Gasteiger partial charge in [0.05, 0.1) is 0 Å². The van der Waals surface area contributed by atoms with Gasteiger partial charge in [-0.2, -0.15) is 0 Å². The van der Waals surface area contributed by atoms with E-state index >= 15 is 0 Å². The summed E-state index contributed by atoms with van der Waals surface area (Å²) >= 11 is 0. The highest BCUT2D eigenvalue weighted by atomic mass is 19.4. The Labute approximate surface area is 114 Å². The molecule has 0 amide bonds. The van der Waals surface area contributed by atoms with Crippen LogP contribution in [-0.2, 0) is 0 Å². The maximum absolute atomic E-state index is 12.0. The van der Waals surface area contributed by atoms with Crippen LogP contribution in [0.4, 0.5) is 18.9 Å². The van der Waals surface area contributed by atoms with Crippen LogP contribution in [-0.4, -0.2) is 18.9 Å². The predicted molar refractivity (Wildman–Crippen MR) is 70.6 cm³/mol. The minimum atomic E-state index is -4.68. The third kappa shape index (κ3) is 5.38. The molecular formula is C13H16F3N3O. The Kier molecular flexibility index (Phi) is 4.36. The van der Waals surface area contributed by atoms with Crippen molar-refractivity contribution in [1.29, 1.82) is 0 Å². The highest BCUT2D eigenvalue weighted by Gasteiger charge is 2.30. The molecule has 1 fully saturated rings. The number of alkyl halides is 3. The van der Waals surface area contributed by atoms with E-state index in [1.807, 2.05) is 0 Å². The van der Waals surface area contributed by atoms with Crippen molar-refractivity contribution in [2.75, 3.05) is 11.9 Å². The Hall–Kier alpha value is -1.92. The summed E-state index contributed by atoms with van der Waals surface area (Å²) in [6.07, 6.45) is -1.12. The molecule has 2 rings (SSSR count). The lowest BCUT2D eigenvalue weighted by atomic mass is 10.3. The van der Waals surface area contributed by atoms with Gasteiger partial charge in [0.2, 0.25) is 0 Å². The lowest BCUT2D eigenvalue weighted by Gasteiger charge is -2.10. The van der Waals surface area contributed by atoms with Crippen molar-refractivity contribution in [3.05, 3.63) is 24.3 Å². The van der Waals surface area contributed by atoms with Gasteiger partial charge in [0.15, 0.2) is 5.96 Å². The van der Waals surface area contributed by atoms with Crippen LogP contribution < -0.4 is 15.8 Å². The van der Waals surface area contributed by atoms with Crippen LogP contribution in [0.5, 0.6) is 5.75 Å². The predicted octanol–water partition coefficient (Wildman–Crippen LogP) is 3.11. The first-order valence-corrected chi connectivity index (χ1v) is 6.35. The van der Waals surface area contributed by atoms with Crippen LogP contribution in [0.1, 0.15) is 19.3 Å². The van der Waals surface area contributed by atoms with Crippen molar-refractivity contribution in [3.63, 3.8) is 0 Å². The number of halogens is 3. The molecule has 0 radical (unpaired) electrons. The van der Waals surface area contributed by atoms with Crippen LogP contribution in [0.3, 0.4) is 0 Å². The average molecular weight is 287 g/mol. The highest BCUT2D eigenvalue weighted by molar-refractivity contribution is 5.92. The van der Waals surface area contributed by atoms with Crippen molar-refractivity contribution in [2.45, 2.75) is 25.6 Å². The van der Waals surface area contributed by atoms with Crippen molar-refractivity contribution in [3.8, 4) is 5.75 Å². The standard InChI is InChI=1S/C13H16F3N3O/c14-13(15,16)20-11-5-3-10(4-6-11)19-12(17)18-8-7-9-1-2-9/h3-6,9H,1-2,7-8H2,(H3,17,18,19). The maximum atomic E-state index is 12.0. The molecule has 0 saturated heterocycles. The molecule has 0 heterocycles. The number of hydrogen-bond donors (Lipinski definition) is 2. The molecule has 0 aromatic heterocycles. The maximum Gasteiger partial charge on any atom is 0.573 e. The van der Waals surface area contributed by atoms with Gasteiger partial charge in [-0.1, -0.05) is 12.8 Å². The van der Waals surface area contributed by atoms with Crippen molar-refractivity contribution >= 4 is 11.6 Å². The van der Waals surface area contributed by atoms with Gasteiger partial charge in [0.25, 0.3) is 0 Å². The molecule has 1 saturated carbocycles. The van der Waals surface area contributed by atoms with Gasteiger partial charge in [0.1, 0.15) is 5.75 Å². The van der Waals surface area contributed by atoms with E-state index < -0.39 is 6.36 Å². The molecule has 0 atom stereocenters. The van der Waals surface area contributed by atoms with Gasteiger partial charge < -0.3 is 15.8 Å². The molecule has 1 aromatic rings. The fourth-order valence-electron chi connectivity index (χ4n) is 1.70. The Morgan fingerprint density at radius 1 is 1.30 bits per heavy atom. The second-order valence-corrected chi connectivity index (χ2v) is 4.70. The summed E-state index contributed by atoms with van der Waals surface area (Å²) in [5.41, 5.74) is 6.24. The molecule has 0 unspecified atom stereocenters. The van der Waals surface area contributed by atoms with E-state index in [4.69, 9.17) is 5.73 Å². The van der Waals surface area contributed by atoms with E-state index in [2.05, 4.69) is 15.0 Å². The van der Waals surface area contributed by atoms with Crippen LogP contribution in [0.2, 0.25) is 0 Å². The molecule has 20 heavy (non-hydrogen) atoms. The Bertz CT molecular complexity index is 467. The molecule has 0 aliphatic heterocycles. The topological polar surface area (TPSA) is 59.6 Å². The lowest BCUT2D eigenvalue weighted by molar-refractivity contribution is -0.274. The van der Waals surface area contributed by atoms with E-state index in [9.17, 15) is 13.2 Å². The summed E-state index contributed by atoms with van der Waals surface area (Å²) in [6.45, 7) is 0.665. The van der Waals surface area contributed by atoms with Crippen LogP contribution >= 0.6 is 0 Å². The van der Waals surface area contributed by atoms with Gasteiger partial charge in [-0.15, -0.1) is 13.2 Å². The second kappa shape index (κ2) is 6.02. The van der Waals surface area contributed by atoms with Crippen molar-refractivity contribution < 1.29 is 17.9 Å². The monoisotopic (exact) mass is 287 g/mol. The first-order chi connectivity index (χ1) is 9.42. The first kappa shape index (κ1) is 14.5. The number of aliphatic imine (C=N–C) groups is 1. The van der Waals surface area contributed by atoms with Gasteiger partial charge in [-0.3, -0.25) is 4.99 Å². The average Bonchev–Trinajstić information content (AvgIpc) is 3.14. The molecular weight excluding hydrogens is 271 g/mol. The van der Waals surface area contributed by atoms with Gasteiger partial charge in [-0.05, 0) is 36.6 Å². The molecule has 0 bridgehead atoms. The minimum Gasteiger partial charge on any atom is -0.406 e. The lowest BCUT2D eigenvalue weighted by Crippen LogP contribution is -2.23. The second-order valence-electron chi connectivity index (χ2n) is 4.70. The zero-order chi connectivity index (χ0) is 14.6. The molecule has 4 nitrogen and oxygen atoms in total. The summed E-state index contributed by atoms with van der Waals surface area (Å²) < 4.78 is 39.7. The number of anilines is 1. The van der Waals surface area contributed by atoms with E-state index in [-0.39, 0.29) is 11.7 Å². The van der Waals surface area contributed by atoms with Crippen molar-refractivity contribution in [2.24, 2.45) is 16.6 Å². The quantitative estimate of drug-likeness (QED) is 0.646. The summed E-state index contributed by atoms with van der Waals surface area (Å²) in [7, 11) is 0. The Balaban J connectivity index is 1.82. The van der Waals surface area contributed by atoms with Gasteiger partial charge >= 0.3 is 6.36 Å². The molecule has 1 aliphatic rings. The van der Waals surface area contributed by atoms with E-state index in [0.29, 0.717) is 12.2 Å². The fraction of sp³-hybridized carbons (Fsp3) is 0.462. The van der Waals surface area contributed by atoms with E-state index in [0.717, 1.165) is 12.3 Å². The summed E-state index contributed by atoms with van der Waals surface area (Å²) in [5, 5.41) is 2.82. The van der Waals surface area contributed by atoms with Gasteiger partial charge in [0, 0.05) is 12.2 Å². The minimum absolute atomic E-state index is 0.259. The molecule has 7 heteroatoms. The largest absolute Gasteiger partial charge is 0.573 e. The Morgan fingerprint density at radius 3 is 2.50 bits per heavy atom. The number of rotatable bonds is 5. The van der Waals surface area contributed by atoms with E-state index in [1.54, 1.807) is 0 Å². The third-order valence-electron chi connectivity index (χ3n) is 2.88. The number of ether oxygens (including phenoxy) is 1. The molecule has 1 aromatic carbocycles. The molecule has 1 aliphatic carbocycles. The number of benzene rings is 1. The molecule has 3 N–H and O–H groups in total. The number of hydrogen-bond acceptors (Lipinski definition) is 2. The zero-order valence-electron chi connectivity index (χ0n) is 10.8. The summed E-state index contributed by atoms with van der Waals surface area (Å²) in [6, 6.07) is 5.33.